The third kappa shape index (κ3) is 2.92. The molecule has 3 nitrogen and oxygen atoms in total. The summed E-state index contributed by atoms with van der Waals surface area (Å²) in [6, 6.07) is 6.94. The topological polar surface area (TPSA) is 38.3 Å². The first-order valence-electron chi connectivity index (χ1n) is 4.27. The van der Waals surface area contributed by atoms with Crippen molar-refractivity contribution < 1.29 is 9.53 Å². The highest BCUT2D eigenvalue weighted by Gasteiger charge is 2.12. The quantitative estimate of drug-likeness (QED) is 0.832. The molecule has 0 saturated heterocycles. The van der Waals surface area contributed by atoms with Crippen molar-refractivity contribution in [1.82, 2.24) is 5.32 Å². The lowest BCUT2D eigenvalue weighted by Gasteiger charge is -2.12. The fourth-order valence-electron chi connectivity index (χ4n) is 1.00. The molecule has 0 fully saturated rings. The number of carbonyl (C=O) groups excluding carboxylic acids is 1. The van der Waals surface area contributed by atoms with E-state index in [1.165, 1.54) is 0 Å². The lowest BCUT2D eigenvalue weighted by Crippen LogP contribution is -2.33. The number of nitrogens with one attached hydrogen (secondary N) is 1. The van der Waals surface area contributed by atoms with E-state index in [-0.39, 0.29) is 5.91 Å². The fraction of sp³-hybridized carbons (Fsp3) is 0.300. The van der Waals surface area contributed by atoms with E-state index in [1.807, 2.05) is 0 Å². The minimum Gasteiger partial charge on any atom is -0.481 e. The summed E-state index contributed by atoms with van der Waals surface area (Å²) in [5, 5.41) is 3.09. The minimum atomic E-state index is -0.515. The van der Waals surface area contributed by atoms with Gasteiger partial charge >= 0.3 is 0 Å². The highest BCUT2D eigenvalue weighted by Crippen LogP contribution is 2.18. The number of amides is 1. The number of hydrogen-bond acceptors (Lipinski definition) is 2. The van der Waals surface area contributed by atoms with E-state index in [0.29, 0.717) is 10.8 Å². The number of rotatable bonds is 3. The van der Waals surface area contributed by atoms with Crippen LogP contribution in [-0.4, -0.2) is 19.1 Å². The summed E-state index contributed by atoms with van der Waals surface area (Å²) in [5.74, 6) is 0.429. The molecule has 0 saturated carbocycles. The van der Waals surface area contributed by atoms with Gasteiger partial charge in [0, 0.05) is 12.1 Å². The summed E-state index contributed by atoms with van der Waals surface area (Å²) in [6.07, 6.45) is -0.515. The minimum absolute atomic E-state index is 0.162. The van der Waals surface area contributed by atoms with Crippen molar-refractivity contribution in [3.63, 3.8) is 0 Å². The Morgan fingerprint density at radius 3 is 2.86 bits per heavy atom. The molecule has 1 aromatic rings. The number of halogens is 1. The SMILES string of the molecule is CNC(=O)[C@H](C)Oc1cccc(Cl)c1. The van der Waals surface area contributed by atoms with Gasteiger partial charge in [0.2, 0.25) is 0 Å². The molecule has 0 aromatic heterocycles. The van der Waals surface area contributed by atoms with Crippen molar-refractivity contribution in [2.45, 2.75) is 13.0 Å². The molecule has 0 aliphatic rings. The van der Waals surface area contributed by atoms with E-state index in [9.17, 15) is 4.79 Å². The Labute approximate surface area is 88.0 Å². The fourth-order valence-corrected chi connectivity index (χ4v) is 1.18. The van der Waals surface area contributed by atoms with E-state index in [4.69, 9.17) is 16.3 Å². The second-order valence-electron chi connectivity index (χ2n) is 2.83. The molecule has 1 aromatic carbocycles. The number of likely N-dealkylation sites (N-methyl/N-ethyl adjacent to an activating group) is 1. The number of ether oxygens (including phenoxy) is 1. The van der Waals surface area contributed by atoms with Crippen LogP contribution in [0.1, 0.15) is 6.92 Å². The van der Waals surface area contributed by atoms with Gasteiger partial charge in [0.05, 0.1) is 0 Å². The van der Waals surface area contributed by atoms with Gasteiger partial charge in [0.1, 0.15) is 5.75 Å². The first kappa shape index (κ1) is 10.9. The number of carbonyl (C=O) groups is 1. The van der Waals surface area contributed by atoms with Crippen LogP contribution in [0.25, 0.3) is 0 Å². The van der Waals surface area contributed by atoms with Crippen LogP contribution in [0.2, 0.25) is 5.02 Å². The van der Waals surface area contributed by atoms with Crippen LogP contribution in [0.3, 0.4) is 0 Å². The Morgan fingerprint density at radius 2 is 2.29 bits per heavy atom. The Hall–Kier alpha value is -1.22. The largest absolute Gasteiger partial charge is 0.481 e. The van der Waals surface area contributed by atoms with E-state index >= 15 is 0 Å². The van der Waals surface area contributed by atoms with Gasteiger partial charge in [-0.05, 0) is 25.1 Å². The molecule has 0 bridgehead atoms. The zero-order valence-corrected chi connectivity index (χ0v) is 8.84. The maximum atomic E-state index is 11.1. The maximum absolute atomic E-state index is 11.1. The van der Waals surface area contributed by atoms with Gasteiger partial charge in [0.15, 0.2) is 6.10 Å². The highest BCUT2D eigenvalue weighted by atomic mass is 35.5. The van der Waals surface area contributed by atoms with Crippen LogP contribution < -0.4 is 10.1 Å². The van der Waals surface area contributed by atoms with E-state index < -0.39 is 6.10 Å². The van der Waals surface area contributed by atoms with Crippen LogP contribution in [0.5, 0.6) is 5.75 Å². The molecular formula is C10H12ClNO2. The van der Waals surface area contributed by atoms with Crippen molar-refractivity contribution in [2.75, 3.05) is 7.05 Å². The van der Waals surface area contributed by atoms with Gasteiger partial charge in [-0.15, -0.1) is 0 Å². The summed E-state index contributed by atoms with van der Waals surface area (Å²) in [5.41, 5.74) is 0. The van der Waals surface area contributed by atoms with Gasteiger partial charge < -0.3 is 10.1 Å². The van der Waals surface area contributed by atoms with Gasteiger partial charge in [0.25, 0.3) is 5.91 Å². The van der Waals surface area contributed by atoms with Crippen LogP contribution in [0.15, 0.2) is 24.3 Å². The highest BCUT2D eigenvalue weighted by molar-refractivity contribution is 6.30. The molecule has 0 spiro atoms. The monoisotopic (exact) mass is 213 g/mol. The maximum Gasteiger partial charge on any atom is 0.260 e. The van der Waals surface area contributed by atoms with Crippen molar-refractivity contribution in [1.29, 1.82) is 0 Å². The molecule has 1 atom stereocenters. The molecule has 1 amide bonds. The molecule has 0 unspecified atom stereocenters. The van der Waals surface area contributed by atoms with Gasteiger partial charge in [-0.1, -0.05) is 17.7 Å². The van der Waals surface area contributed by atoms with Crippen molar-refractivity contribution >= 4 is 17.5 Å². The molecule has 0 aliphatic heterocycles. The average Bonchev–Trinajstić information content (AvgIpc) is 2.16. The van der Waals surface area contributed by atoms with Crippen LogP contribution >= 0.6 is 11.6 Å². The zero-order chi connectivity index (χ0) is 10.6. The summed E-state index contributed by atoms with van der Waals surface area (Å²) in [6.45, 7) is 1.68. The molecule has 0 heterocycles. The molecule has 14 heavy (non-hydrogen) atoms. The summed E-state index contributed by atoms with van der Waals surface area (Å²) < 4.78 is 5.35. The lowest BCUT2D eigenvalue weighted by molar-refractivity contribution is -0.126. The molecule has 76 valence electrons. The van der Waals surface area contributed by atoms with E-state index in [1.54, 1.807) is 38.2 Å². The predicted octanol–water partition coefficient (Wildman–Crippen LogP) is 1.85. The first-order chi connectivity index (χ1) is 6.63. The second kappa shape index (κ2) is 4.86. The smallest absolute Gasteiger partial charge is 0.260 e. The predicted molar refractivity (Wildman–Crippen MR) is 55.6 cm³/mol. The second-order valence-corrected chi connectivity index (χ2v) is 3.27. The lowest BCUT2D eigenvalue weighted by atomic mass is 10.3. The third-order valence-corrected chi connectivity index (χ3v) is 1.96. The molecular weight excluding hydrogens is 202 g/mol. The molecule has 4 heteroatoms. The van der Waals surface area contributed by atoms with E-state index in [0.717, 1.165) is 0 Å². The van der Waals surface area contributed by atoms with Crippen LogP contribution in [-0.2, 0) is 4.79 Å². The van der Waals surface area contributed by atoms with Crippen LogP contribution in [0, 0.1) is 0 Å². The van der Waals surface area contributed by atoms with Crippen LogP contribution in [0.4, 0.5) is 0 Å². The molecule has 0 aliphatic carbocycles. The van der Waals surface area contributed by atoms with Crippen molar-refractivity contribution in [2.24, 2.45) is 0 Å². The standard InChI is InChI=1S/C10H12ClNO2/c1-7(10(13)12-2)14-9-5-3-4-8(11)6-9/h3-7H,1-2H3,(H,12,13)/t7-/m0/s1. The molecule has 1 N–H and O–H groups in total. The average molecular weight is 214 g/mol. The van der Waals surface area contributed by atoms with Crippen molar-refractivity contribution in [3.05, 3.63) is 29.3 Å². The Bertz CT molecular complexity index is 328. The Balaban J connectivity index is 2.64. The van der Waals surface area contributed by atoms with Gasteiger partial charge in [-0.3, -0.25) is 4.79 Å². The first-order valence-corrected chi connectivity index (χ1v) is 4.65. The zero-order valence-electron chi connectivity index (χ0n) is 8.08. The normalized spacial score (nSPS) is 11.9. The van der Waals surface area contributed by atoms with Gasteiger partial charge in [-0.25, -0.2) is 0 Å². The summed E-state index contributed by atoms with van der Waals surface area (Å²) in [7, 11) is 1.57. The summed E-state index contributed by atoms with van der Waals surface area (Å²) in [4.78, 5) is 11.1. The molecule has 1 rings (SSSR count). The molecule has 0 radical (unpaired) electrons. The van der Waals surface area contributed by atoms with E-state index in [2.05, 4.69) is 5.32 Å². The Kier molecular flexibility index (Phi) is 3.77. The third-order valence-electron chi connectivity index (χ3n) is 1.72. The van der Waals surface area contributed by atoms with Gasteiger partial charge in [-0.2, -0.15) is 0 Å². The summed E-state index contributed by atoms with van der Waals surface area (Å²) >= 11 is 5.76. The Morgan fingerprint density at radius 1 is 1.57 bits per heavy atom. The van der Waals surface area contributed by atoms with Crippen molar-refractivity contribution in [3.8, 4) is 5.75 Å². The number of benzene rings is 1. The number of hydrogen-bond donors (Lipinski definition) is 1.